The lowest BCUT2D eigenvalue weighted by atomic mass is 10.1. The molecule has 0 atom stereocenters. The Morgan fingerprint density at radius 2 is 1.80 bits per heavy atom. The quantitative estimate of drug-likeness (QED) is 0.738. The average molecular weight is 287 g/mol. The number of nitrogen functional groups attached to an aromatic ring is 2. The molecule has 20 heavy (non-hydrogen) atoms. The third-order valence-electron chi connectivity index (χ3n) is 2.58. The Hall–Kier alpha value is -2.71. The monoisotopic (exact) mass is 286 g/mol. The molecule has 0 fully saturated rings. The Morgan fingerprint density at radius 3 is 2.40 bits per heavy atom. The molecule has 0 aromatic heterocycles. The van der Waals surface area contributed by atoms with E-state index in [0.717, 1.165) is 0 Å². The highest BCUT2D eigenvalue weighted by Gasteiger charge is 2.10. The van der Waals surface area contributed by atoms with Gasteiger partial charge in [0.25, 0.3) is 5.91 Å². The van der Waals surface area contributed by atoms with Crippen LogP contribution >= 0.6 is 11.6 Å². The summed E-state index contributed by atoms with van der Waals surface area (Å²) in [7, 11) is 0. The smallest absolute Gasteiger partial charge is 0.255 e. The van der Waals surface area contributed by atoms with Crippen molar-refractivity contribution in [3.8, 4) is 6.07 Å². The molecule has 0 aliphatic rings. The van der Waals surface area contributed by atoms with E-state index in [0.29, 0.717) is 33.2 Å². The van der Waals surface area contributed by atoms with E-state index in [2.05, 4.69) is 5.32 Å². The molecule has 0 aliphatic heterocycles. The maximum Gasteiger partial charge on any atom is 0.255 e. The van der Waals surface area contributed by atoms with Gasteiger partial charge in [-0.25, -0.2) is 0 Å². The largest absolute Gasteiger partial charge is 0.399 e. The van der Waals surface area contributed by atoms with Crippen molar-refractivity contribution in [2.75, 3.05) is 16.8 Å². The highest BCUT2D eigenvalue weighted by Crippen LogP contribution is 2.24. The molecule has 0 aliphatic carbocycles. The SMILES string of the molecule is N#Cc1ccc(Cl)c(NC(=O)c2cc(N)cc(N)c2)c1. The number of anilines is 3. The molecule has 6 heteroatoms. The number of carbonyl (C=O) groups excluding carboxylic acids is 1. The molecule has 0 radical (unpaired) electrons. The fourth-order valence-corrected chi connectivity index (χ4v) is 1.86. The van der Waals surface area contributed by atoms with Crippen molar-refractivity contribution in [2.45, 2.75) is 0 Å². The van der Waals surface area contributed by atoms with Crippen LogP contribution in [0.4, 0.5) is 17.1 Å². The summed E-state index contributed by atoms with van der Waals surface area (Å²) in [5, 5.41) is 11.8. The Morgan fingerprint density at radius 1 is 1.15 bits per heavy atom. The number of carbonyl (C=O) groups is 1. The summed E-state index contributed by atoms with van der Waals surface area (Å²) in [4.78, 5) is 12.1. The third-order valence-corrected chi connectivity index (χ3v) is 2.91. The lowest BCUT2D eigenvalue weighted by molar-refractivity contribution is 0.102. The molecule has 0 saturated heterocycles. The van der Waals surface area contributed by atoms with Gasteiger partial charge in [-0.1, -0.05) is 11.6 Å². The van der Waals surface area contributed by atoms with Gasteiger partial charge in [0.2, 0.25) is 0 Å². The molecule has 100 valence electrons. The first-order valence-corrected chi connectivity index (χ1v) is 6.04. The van der Waals surface area contributed by atoms with Crippen molar-refractivity contribution in [3.63, 3.8) is 0 Å². The number of amides is 1. The lowest BCUT2D eigenvalue weighted by Crippen LogP contribution is -2.13. The number of hydrogen-bond acceptors (Lipinski definition) is 4. The molecule has 5 N–H and O–H groups in total. The van der Waals surface area contributed by atoms with Gasteiger partial charge in [0.05, 0.1) is 22.3 Å². The van der Waals surface area contributed by atoms with Crippen LogP contribution in [-0.4, -0.2) is 5.91 Å². The van der Waals surface area contributed by atoms with Crippen molar-refractivity contribution < 1.29 is 4.79 Å². The van der Waals surface area contributed by atoms with E-state index in [9.17, 15) is 4.79 Å². The molecule has 0 saturated carbocycles. The minimum atomic E-state index is -0.402. The molecule has 0 unspecified atom stereocenters. The molecule has 0 spiro atoms. The van der Waals surface area contributed by atoms with E-state index in [4.69, 9.17) is 28.3 Å². The highest BCUT2D eigenvalue weighted by molar-refractivity contribution is 6.34. The summed E-state index contributed by atoms with van der Waals surface area (Å²) in [6, 6.07) is 11.2. The number of rotatable bonds is 2. The van der Waals surface area contributed by atoms with E-state index in [-0.39, 0.29) is 0 Å². The third kappa shape index (κ3) is 2.99. The zero-order chi connectivity index (χ0) is 14.7. The molecule has 0 heterocycles. The number of nitrogens with one attached hydrogen (secondary N) is 1. The van der Waals surface area contributed by atoms with Gasteiger partial charge >= 0.3 is 0 Å². The standard InChI is InChI=1S/C14H11ClN4O/c15-12-2-1-8(7-16)3-13(12)19-14(20)9-4-10(17)6-11(18)5-9/h1-6H,17-18H2,(H,19,20). The number of halogens is 1. The van der Waals surface area contributed by atoms with E-state index in [1.165, 1.54) is 18.2 Å². The predicted molar refractivity (Wildman–Crippen MR) is 79.4 cm³/mol. The molecular weight excluding hydrogens is 276 g/mol. The summed E-state index contributed by atoms with van der Waals surface area (Å²) in [6.07, 6.45) is 0. The summed E-state index contributed by atoms with van der Waals surface area (Å²) in [5.74, 6) is -0.402. The van der Waals surface area contributed by atoms with Gasteiger partial charge in [-0.05, 0) is 36.4 Å². The summed E-state index contributed by atoms with van der Waals surface area (Å²) < 4.78 is 0. The van der Waals surface area contributed by atoms with Crippen LogP contribution < -0.4 is 16.8 Å². The Bertz CT molecular complexity index is 701. The number of nitriles is 1. The van der Waals surface area contributed by atoms with Gasteiger partial charge < -0.3 is 16.8 Å². The van der Waals surface area contributed by atoms with Gasteiger partial charge in [0.15, 0.2) is 0 Å². The first-order valence-electron chi connectivity index (χ1n) is 5.66. The van der Waals surface area contributed by atoms with Crippen molar-refractivity contribution in [1.82, 2.24) is 0 Å². The van der Waals surface area contributed by atoms with Crippen LogP contribution in [0.2, 0.25) is 5.02 Å². The van der Waals surface area contributed by atoms with Crippen LogP contribution in [0.1, 0.15) is 15.9 Å². The molecule has 2 rings (SSSR count). The first kappa shape index (κ1) is 13.7. The van der Waals surface area contributed by atoms with E-state index in [1.54, 1.807) is 18.2 Å². The predicted octanol–water partition coefficient (Wildman–Crippen LogP) is 2.63. The second-order valence-electron chi connectivity index (χ2n) is 4.15. The number of nitrogens with zero attached hydrogens (tertiary/aromatic N) is 1. The van der Waals surface area contributed by atoms with Crippen LogP contribution in [0.5, 0.6) is 0 Å². The second-order valence-corrected chi connectivity index (χ2v) is 4.56. The average Bonchev–Trinajstić information content (AvgIpc) is 2.40. The van der Waals surface area contributed by atoms with Crippen molar-refractivity contribution in [3.05, 3.63) is 52.5 Å². The van der Waals surface area contributed by atoms with Crippen molar-refractivity contribution in [2.24, 2.45) is 0 Å². The van der Waals surface area contributed by atoms with Crippen LogP contribution in [-0.2, 0) is 0 Å². The van der Waals surface area contributed by atoms with Gasteiger partial charge in [-0.3, -0.25) is 4.79 Å². The van der Waals surface area contributed by atoms with E-state index in [1.807, 2.05) is 6.07 Å². The van der Waals surface area contributed by atoms with Crippen LogP contribution in [0.15, 0.2) is 36.4 Å². The zero-order valence-corrected chi connectivity index (χ0v) is 11.1. The van der Waals surface area contributed by atoms with Gasteiger partial charge in [-0.15, -0.1) is 0 Å². The molecule has 2 aromatic rings. The van der Waals surface area contributed by atoms with E-state index >= 15 is 0 Å². The second kappa shape index (κ2) is 5.51. The molecule has 1 amide bonds. The summed E-state index contributed by atoms with van der Waals surface area (Å²) >= 11 is 5.97. The van der Waals surface area contributed by atoms with Crippen LogP contribution in [0.3, 0.4) is 0 Å². The van der Waals surface area contributed by atoms with E-state index < -0.39 is 5.91 Å². The van der Waals surface area contributed by atoms with Gasteiger partial charge in [0, 0.05) is 16.9 Å². The normalized spacial score (nSPS) is 9.80. The lowest BCUT2D eigenvalue weighted by Gasteiger charge is -2.09. The Kier molecular flexibility index (Phi) is 3.78. The number of benzene rings is 2. The zero-order valence-electron chi connectivity index (χ0n) is 10.4. The first-order chi connectivity index (χ1) is 9.49. The van der Waals surface area contributed by atoms with Gasteiger partial charge in [-0.2, -0.15) is 5.26 Å². The van der Waals surface area contributed by atoms with Crippen LogP contribution in [0.25, 0.3) is 0 Å². The number of nitrogens with two attached hydrogens (primary N) is 2. The fraction of sp³-hybridized carbons (Fsp3) is 0. The topological polar surface area (TPSA) is 105 Å². The highest BCUT2D eigenvalue weighted by atomic mass is 35.5. The van der Waals surface area contributed by atoms with Crippen molar-refractivity contribution in [1.29, 1.82) is 5.26 Å². The Balaban J connectivity index is 2.30. The number of hydrogen-bond donors (Lipinski definition) is 3. The molecule has 2 aromatic carbocycles. The molecule has 0 bridgehead atoms. The maximum absolute atomic E-state index is 12.1. The Labute approximate surface area is 120 Å². The van der Waals surface area contributed by atoms with Crippen molar-refractivity contribution >= 4 is 34.6 Å². The summed E-state index contributed by atoms with van der Waals surface area (Å²) in [5.41, 5.74) is 13.1. The summed E-state index contributed by atoms with van der Waals surface area (Å²) in [6.45, 7) is 0. The minimum absolute atomic E-state index is 0.320. The van der Waals surface area contributed by atoms with Gasteiger partial charge in [0.1, 0.15) is 0 Å². The maximum atomic E-state index is 12.1. The fourth-order valence-electron chi connectivity index (χ4n) is 1.69. The molecule has 5 nitrogen and oxygen atoms in total. The van der Waals surface area contributed by atoms with Crippen LogP contribution in [0, 0.1) is 11.3 Å². The minimum Gasteiger partial charge on any atom is -0.399 e. The molecular formula is C14H11ClN4O.